The van der Waals surface area contributed by atoms with E-state index < -0.39 is 0 Å². The predicted octanol–water partition coefficient (Wildman–Crippen LogP) is 6.38. The molecule has 156 valence electrons. The fourth-order valence-electron chi connectivity index (χ4n) is 4.99. The van der Waals surface area contributed by atoms with Crippen LogP contribution in [0.5, 0.6) is 0 Å². The minimum Gasteiger partial charge on any atom is -0.341 e. The molecule has 0 bridgehead atoms. The van der Waals surface area contributed by atoms with E-state index in [1.54, 1.807) is 6.08 Å². The van der Waals surface area contributed by atoms with Gasteiger partial charge >= 0.3 is 0 Å². The van der Waals surface area contributed by atoms with Gasteiger partial charge in [0.05, 0.1) is 11.2 Å². The first-order chi connectivity index (χ1) is 15.0. The Labute approximate surface area is 183 Å². The van der Waals surface area contributed by atoms with Gasteiger partial charge in [0, 0.05) is 42.1 Å². The maximum atomic E-state index is 4.66. The Hall–Kier alpha value is -3.40. The molecule has 0 saturated carbocycles. The molecular weight excluding hydrogens is 380 g/mol. The minimum absolute atomic E-state index is 0.755. The van der Waals surface area contributed by atoms with Crippen LogP contribution in [0.1, 0.15) is 34.9 Å². The maximum absolute atomic E-state index is 4.66. The van der Waals surface area contributed by atoms with Gasteiger partial charge in [-0.3, -0.25) is 0 Å². The molecule has 0 N–H and O–H groups in total. The summed E-state index contributed by atoms with van der Waals surface area (Å²) in [6, 6.07) is 11.3. The lowest BCUT2D eigenvalue weighted by Gasteiger charge is -2.33. The molecule has 3 heterocycles. The van der Waals surface area contributed by atoms with Crippen molar-refractivity contribution in [3.63, 3.8) is 0 Å². The van der Waals surface area contributed by atoms with Crippen LogP contribution in [0, 0.1) is 20.8 Å². The number of hydrogen-bond acceptors (Lipinski definition) is 3. The van der Waals surface area contributed by atoms with E-state index >= 15 is 0 Å². The molecule has 0 saturated heterocycles. The largest absolute Gasteiger partial charge is 0.341 e. The average molecular weight is 409 g/mol. The molecule has 0 aliphatic carbocycles. The van der Waals surface area contributed by atoms with Crippen molar-refractivity contribution in [2.45, 2.75) is 40.7 Å². The number of benzene rings is 2. The van der Waals surface area contributed by atoms with E-state index in [1.807, 2.05) is 12.4 Å². The zero-order valence-corrected chi connectivity index (χ0v) is 18.7. The normalized spacial score (nSPS) is 13.1. The van der Waals surface area contributed by atoms with Crippen LogP contribution in [0.25, 0.3) is 28.1 Å². The molecule has 0 amide bonds. The van der Waals surface area contributed by atoms with Crippen LogP contribution in [0.4, 0.5) is 11.6 Å². The number of aromatic nitrogens is 3. The molecule has 0 spiro atoms. The van der Waals surface area contributed by atoms with Gasteiger partial charge in [-0.25, -0.2) is 9.97 Å². The standard InChI is InChI=1S/C27H28N4/c1-6-20-15-28-27(29-16-20)31-13-12-30-18(4)14-23-24(21-10-8-17(3)9-11-21)22(7-2)19(5)25(31)26(23)30/h6,8-11,14-16H,1,7,12-13H2,2-5H3. The Morgan fingerprint density at radius 3 is 2.39 bits per heavy atom. The average Bonchev–Trinajstić information content (AvgIpc) is 3.13. The number of rotatable bonds is 4. The summed E-state index contributed by atoms with van der Waals surface area (Å²) in [4.78, 5) is 11.6. The van der Waals surface area contributed by atoms with Crippen molar-refractivity contribution in [1.82, 2.24) is 14.5 Å². The van der Waals surface area contributed by atoms with Crippen molar-refractivity contribution in [2.24, 2.45) is 0 Å². The molecule has 5 rings (SSSR count). The van der Waals surface area contributed by atoms with Gasteiger partial charge in [-0.15, -0.1) is 0 Å². The highest BCUT2D eigenvalue weighted by molar-refractivity contribution is 6.07. The van der Waals surface area contributed by atoms with Crippen LogP contribution in [0.15, 0.2) is 49.3 Å². The predicted molar refractivity (Wildman–Crippen MR) is 130 cm³/mol. The lowest BCUT2D eigenvalue weighted by atomic mass is 9.89. The van der Waals surface area contributed by atoms with Crippen LogP contribution < -0.4 is 4.90 Å². The Kier molecular flexibility index (Phi) is 4.66. The van der Waals surface area contributed by atoms with Crippen molar-refractivity contribution in [1.29, 1.82) is 0 Å². The van der Waals surface area contributed by atoms with Gasteiger partial charge in [0.1, 0.15) is 0 Å². The highest BCUT2D eigenvalue weighted by Crippen LogP contribution is 2.46. The lowest BCUT2D eigenvalue weighted by Crippen LogP contribution is -2.30. The van der Waals surface area contributed by atoms with E-state index in [9.17, 15) is 0 Å². The third-order valence-corrected chi connectivity index (χ3v) is 6.55. The van der Waals surface area contributed by atoms with Gasteiger partial charge in [-0.2, -0.15) is 0 Å². The molecule has 0 radical (unpaired) electrons. The van der Waals surface area contributed by atoms with Crippen LogP contribution in [-0.2, 0) is 13.0 Å². The molecule has 1 aliphatic rings. The van der Waals surface area contributed by atoms with Crippen LogP contribution in [-0.4, -0.2) is 21.1 Å². The molecule has 2 aromatic heterocycles. The zero-order valence-electron chi connectivity index (χ0n) is 18.7. The number of anilines is 2. The van der Waals surface area contributed by atoms with Crippen molar-refractivity contribution in [2.75, 3.05) is 11.4 Å². The van der Waals surface area contributed by atoms with E-state index in [-0.39, 0.29) is 0 Å². The van der Waals surface area contributed by atoms with Crippen molar-refractivity contribution < 1.29 is 0 Å². The van der Waals surface area contributed by atoms with Crippen molar-refractivity contribution in [3.8, 4) is 11.1 Å². The second-order valence-electron chi connectivity index (χ2n) is 8.42. The van der Waals surface area contributed by atoms with Crippen molar-refractivity contribution in [3.05, 3.63) is 77.3 Å². The second-order valence-corrected chi connectivity index (χ2v) is 8.42. The molecule has 1 aliphatic heterocycles. The molecule has 0 unspecified atom stereocenters. The topological polar surface area (TPSA) is 34.0 Å². The Morgan fingerprint density at radius 1 is 1.03 bits per heavy atom. The Balaban J connectivity index is 1.82. The van der Waals surface area contributed by atoms with Gasteiger partial charge in [0.2, 0.25) is 5.95 Å². The maximum Gasteiger partial charge on any atom is 0.229 e. The van der Waals surface area contributed by atoms with Crippen LogP contribution >= 0.6 is 0 Å². The highest BCUT2D eigenvalue weighted by atomic mass is 15.3. The van der Waals surface area contributed by atoms with Gasteiger partial charge in [0.25, 0.3) is 0 Å². The summed E-state index contributed by atoms with van der Waals surface area (Å²) >= 11 is 0. The monoisotopic (exact) mass is 408 g/mol. The molecule has 4 nitrogen and oxygen atoms in total. The minimum atomic E-state index is 0.755. The molecule has 4 heteroatoms. The first-order valence-electron chi connectivity index (χ1n) is 11.0. The highest BCUT2D eigenvalue weighted by Gasteiger charge is 2.29. The van der Waals surface area contributed by atoms with E-state index in [0.29, 0.717) is 0 Å². The fraction of sp³-hybridized carbons (Fsp3) is 0.259. The smallest absolute Gasteiger partial charge is 0.229 e. The quantitative estimate of drug-likeness (QED) is 0.393. The Bertz CT molecular complexity index is 1290. The van der Waals surface area contributed by atoms with E-state index in [0.717, 1.165) is 31.0 Å². The van der Waals surface area contributed by atoms with E-state index in [1.165, 1.54) is 50.1 Å². The third-order valence-electron chi connectivity index (χ3n) is 6.55. The fourth-order valence-corrected chi connectivity index (χ4v) is 4.99. The summed E-state index contributed by atoms with van der Waals surface area (Å²) in [5, 5.41) is 1.33. The first-order valence-corrected chi connectivity index (χ1v) is 11.0. The van der Waals surface area contributed by atoms with Crippen molar-refractivity contribution >= 4 is 28.6 Å². The Morgan fingerprint density at radius 2 is 1.74 bits per heavy atom. The zero-order chi connectivity index (χ0) is 21.7. The van der Waals surface area contributed by atoms with Gasteiger partial charge in [-0.05, 0) is 55.5 Å². The molecule has 2 aromatic carbocycles. The van der Waals surface area contributed by atoms with Gasteiger partial charge in [-0.1, -0.05) is 49.4 Å². The van der Waals surface area contributed by atoms with Gasteiger partial charge < -0.3 is 9.47 Å². The van der Waals surface area contributed by atoms with Crippen LogP contribution in [0.3, 0.4) is 0 Å². The molecule has 4 aromatic rings. The first kappa shape index (κ1) is 19.6. The summed E-state index contributed by atoms with van der Waals surface area (Å²) in [5.74, 6) is 0.755. The molecule has 31 heavy (non-hydrogen) atoms. The third kappa shape index (κ3) is 2.97. The summed E-state index contributed by atoms with van der Waals surface area (Å²) in [7, 11) is 0. The van der Waals surface area contributed by atoms with Crippen LogP contribution in [0.2, 0.25) is 0 Å². The molecule has 0 fully saturated rings. The molecule has 0 atom stereocenters. The van der Waals surface area contributed by atoms with E-state index in [4.69, 9.17) is 0 Å². The van der Waals surface area contributed by atoms with Gasteiger partial charge in [0.15, 0.2) is 0 Å². The molecular formula is C27H28N4. The second kappa shape index (κ2) is 7.38. The van der Waals surface area contributed by atoms with E-state index in [2.05, 4.69) is 84.0 Å². The number of nitrogens with zero attached hydrogens (tertiary/aromatic N) is 4. The SMILES string of the molecule is C=Cc1cnc(N2CCn3c(C)cc4c(-c5ccc(C)cc5)c(CC)c(C)c2c43)nc1. The summed E-state index contributed by atoms with van der Waals surface area (Å²) in [5.41, 5.74) is 11.4. The summed E-state index contributed by atoms with van der Waals surface area (Å²) in [6.45, 7) is 14.5. The lowest BCUT2D eigenvalue weighted by molar-refractivity contribution is 0.673. The summed E-state index contributed by atoms with van der Waals surface area (Å²) in [6.07, 6.45) is 6.46. The summed E-state index contributed by atoms with van der Waals surface area (Å²) < 4.78 is 2.46. The number of hydrogen-bond donors (Lipinski definition) is 0. The number of aryl methyl sites for hydroxylation is 2.